The van der Waals surface area contributed by atoms with Gasteiger partial charge in [0.25, 0.3) is 5.91 Å². The van der Waals surface area contributed by atoms with Crippen LogP contribution in [0.25, 0.3) is 0 Å². The number of aromatic amines is 1. The summed E-state index contributed by atoms with van der Waals surface area (Å²) in [7, 11) is 1.79. The molecule has 18 heavy (non-hydrogen) atoms. The second-order valence-corrected chi connectivity index (χ2v) is 5.94. The Hall–Kier alpha value is -0.810. The van der Waals surface area contributed by atoms with E-state index in [2.05, 4.69) is 20.9 Å². The largest absolute Gasteiger partial charge is 0.393 e. The predicted octanol–water partition coefficient (Wildman–Crippen LogP) is 2.40. The number of aliphatic hydroxyl groups excluding tert-OH is 1. The van der Waals surface area contributed by atoms with Crippen LogP contribution in [0, 0.1) is 5.92 Å². The van der Waals surface area contributed by atoms with E-state index in [1.54, 1.807) is 24.2 Å². The fourth-order valence-electron chi connectivity index (χ4n) is 2.53. The van der Waals surface area contributed by atoms with Crippen LogP contribution in [0.3, 0.4) is 0 Å². The fraction of sp³-hybridized carbons (Fsp3) is 0.615. The zero-order valence-electron chi connectivity index (χ0n) is 10.5. The Morgan fingerprint density at radius 1 is 1.56 bits per heavy atom. The van der Waals surface area contributed by atoms with Crippen molar-refractivity contribution in [3.05, 3.63) is 22.4 Å². The Balaban J connectivity index is 1.94. The van der Waals surface area contributed by atoms with Gasteiger partial charge in [0, 0.05) is 30.2 Å². The van der Waals surface area contributed by atoms with E-state index in [0.717, 1.165) is 30.2 Å². The molecule has 0 aliphatic heterocycles. The minimum absolute atomic E-state index is 0.0292. The summed E-state index contributed by atoms with van der Waals surface area (Å²) in [6.07, 6.45) is 5.60. The number of amides is 1. The van der Waals surface area contributed by atoms with Crippen LogP contribution in [-0.4, -0.2) is 40.6 Å². The molecule has 2 rings (SSSR count). The maximum atomic E-state index is 12.1. The molecule has 1 aromatic heterocycles. The molecule has 0 radical (unpaired) electrons. The van der Waals surface area contributed by atoms with Gasteiger partial charge in [0.05, 0.1) is 6.10 Å². The fourth-order valence-corrected chi connectivity index (χ4v) is 2.88. The molecular formula is C13H19BrN2O2. The molecule has 0 spiro atoms. The number of carbonyl (C=O) groups is 1. The van der Waals surface area contributed by atoms with E-state index in [9.17, 15) is 9.90 Å². The topological polar surface area (TPSA) is 56.3 Å². The minimum atomic E-state index is -0.260. The van der Waals surface area contributed by atoms with Crippen LogP contribution in [-0.2, 0) is 0 Å². The number of aromatic nitrogens is 1. The van der Waals surface area contributed by atoms with E-state index in [1.807, 2.05) is 0 Å². The van der Waals surface area contributed by atoms with Crippen molar-refractivity contribution in [1.82, 2.24) is 9.88 Å². The Bertz CT molecular complexity index is 419. The number of rotatable bonds is 3. The van der Waals surface area contributed by atoms with Crippen LogP contribution >= 0.6 is 15.9 Å². The molecule has 0 saturated heterocycles. The summed E-state index contributed by atoms with van der Waals surface area (Å²) in [5.74, 6) is 0.185. The highest BCUT2D eigenvalue weighted by atomic mass is 79.9. The molecule has 2 N–H and O–H groups in total. The molecule has 1 fully saturated rings. The highest BCUT2D eigenvalue weighted by molar-refractivity contribution is 9.10. The van der Waals surface area contributed by atoms with Crippen LogP contribution < -0.4 is 0 Å². The molecule has 0 aromatic carbocycles. The molecule has 1 heterocycles. The van der Waals surface area contributed by atoms with Crippen LogP contribution in [0.5, 0.6) is 0 Å². The Morgan fingerprint density at radius 2 is 2.28 bits per heavy atom. The molecule has 4 nitrogen and oxygen atoms in total. The lowest BCUT2D eigenvalue weighted by atomic mass is 9.86. The normalized spacial score (nSPS) is 23.9. The number of aliphatic hydroxyl groups is 1. The zero-order valence-corrected chi connectivity index (χ0v) is 12.1. The quantitative estimate of drug-likeness (QED) is 0.900. The van der Waals surface area contributed by atoms with E-state index in [4.69, 9.17) is 0 Å². The summed E-state index contributed by atoms with van der Waals surface area (Å²) in [6.45, 7) is 0.622. The van der Waals surface area contributed by atoms with Gasteiger partial charge >= 0.3 is 0 Å². The van der Waals surface area contributed by atoms with Crippen LogP contribution in [0.2, 0.25) is 0 Å². The van der Waals surface area contributed by atoms with E-state index in [1.165, 1.54) is 0 Å². The van der Waals surface area contributed by atoms with Crippen molar-refractivity contribution in [3.63, 3.8) is 0 Å². The van der Waals surface area contributed by atoms with Gasteiger partial charge in [0.2, 0.25) is 0 Å². The SMILES string of the molecule is CN(CC1CCCCC1O)C(=O)c1cc(Br)c[nH]1. The minimum Gasteiger partial charge on any atom is -0.393 e. The summed E-state index contributed by atoms with van der Waals surface area (Å²) in [4.78, 5) is 16.8. The second kappa shape index (κ2) is 5.89. The first-order chi connectivity index (χ1) is 8.58. The Kier molecular flexibility index (Phi) is 4.45. The first kappa shape index (κ1) is 13.6. The second-order valence-electron chi connectivity index (χ2n) is 5.03. The van der Waals surface area contributed by atoms with Crippen molar-refractivity contribution in [2.75, 3.05) is 13.6 Å². The zero-order chi connectivity index (χ0) is 13.1. The average molecular weight is 315 g/mol. The standard InChI is InChI=1S/C13H19BrN2O2/c1-16(8-9-4-2-3-5-12(9)17)13(18)11-6-10(14)7-15-11/h6-7,9,12,15,17H,2-5,8H2,1H3. The van der Waals surface area contributed by atoms with E-state index < -0.39 is 0 Å². The van der Waals surface area contributed by atoms with E-state index >= 15 is 0 Å². The van der Waals surface area contributed by atoms with Crippen molar-refractivity contribution in [1.29, 1.82) is 0 Å². The summed E-state index contributed by atoms with van der Waals surface area (Å²) < 4.78 is 0.872. The molecule has 1 aliphatic rings. The van der Waals surface area contributed by atoms with Gasteiger partial charge < -0.3 is 15.0 Å². The van der Waals surface area contributed by atoms with E-state index in [-0.39, 0.29) is 17.9 Å². The van der Waals surface area contributed by atoms with Crippen LogP contribution in [0.4, 0.5) is 0 Å². The summed E-state index contributed by atoms with van der Waals surface area (Å²) in [5.41, 5.74) is 0.578. The first-order valence-corrected chi connectivity index (χ1v) is 7.14. The van der Waals surface area contributed by atoms with Gasteiger partial charge in [0.1, 0.15) is 5.69 Å². The van der Waals surface area contributed by atoms with Gasteiger partial charge in [-0.15, -0.1) is 0 Å². The third-order valence-corrected chi connectivity index (χ3v) is 4.06. The Morgan fingerprint density at radius 3 is 2.89 bits per heavy atom. The smallest absolute Gasteiger partial charge is 0.270 e. The van der Waals surface area contributed by atoms with E-state index in [0.29, 0.717) is 12.2 Å². The number of nitrogens with zero attached hydrogens (tertiary/aromatic N) is 1. The third kappa shape index (κ3) is 3.14. The number of hydrogen-bond donors (Lipinski definition) is 2. The first-order valence-electron chi connectivity index (χ1n) is 6.35. The van der Waals surface area contributed by atoms with Crippen molar-refractivity contribution < 1.29 is 9.90 Å². The number of carbonyl (C=O) groups excluding carboxylic acids is 1. The molecule has 100 valence electrons. The van der Waals surface area contributed by atoms with Gasteiger partial charge in [-0.05, 0) is 34.8 Å². The maximum absolute atomic E-state index is 12.1. The Labute approximate surface area is 116 Å². The molecular weight excluding hydrogens is 296 g/mol. The van der Waals surface area contributed by atoms with Crippen LogP contribution in [0.1, 0.15) is 36.2 Å². The van der Waals surface area contributed by atoms with Gasteiger partial charge in [-0.3, -0.25) is 4.79 Å². The van der Waals surface area contributed by atoms with Gasteiger partial charge in [-0.1, -0.05) is 12.8 Å². The predicted molar refractivity (Wildman–Crippen MR) is 73.4 cm³/mol. The highest BCUT2D eigenvalue weighted by Crippen LogP contribution is 2.25. The van der Waals surface area contributed by atoms with Crippen molar-refractivity contribution in [3.8, 4) is 0 Å². The van der Waals surface area contributed by atoms with Gasteiger partial charge in [0.15, 0.2) is 0 Å². The molecule has 2 unspecified atom stereocenters. The van der Waals surface area contributed by atoms with Gasteiger partial charge in [-0.2, -0.15) is 0 Å². The molecule has 1 aromatic rings. The number of nitrogens with one attached hydrogen (secondary N) is 1. The number of H-pyrrole nitrogens is 1. The summed E-state index contributed by atoms with van der Waals surface area (Å²) in [6, 6.07) is 1.77. The number of hydrogen-bond acceptors (Lipinski definition) is 2. The lowest BCUT2D eigenvalue weighted by molar-refractivity contribution is 0.0449. The molecule has 0 bridgehead atoms. The average Bonchev–Trinajstić information content (AvgIpc) is 2.78. The highest BCUT2D eigenvalue weighted by Gasteiger charge is 2.26. The summed E-state index contributed by atoms with van der Waals surface area (Å²) in [5, 5.41) is 9.92. The monoisotopic (exact) mass is 314 g/mol. The van der Waals surface area contributed by atoms with Crippen LogP contribution in [0.15, 0.2) is 16.7 Å². The van der Waals surface area contributed by atoms with Crippen molar-refractivity contribution in [2.24, 2.45) is 5.92 Å². The van der Waals surface area contributed by atoms with Crippen molar-refractivity contribution in [2.45, 2.75) is 31.8 Å². The molecule has 1 amide bonds. The van der Waals surface area contributed by atoms with Crippen molar-refractivity contribution >= 4 is 21.8 Å². The third-order valence-electron chi connectivity index (χ3n) is 3.60. The maximum Gasteiger partial charge on any atom is 0.270 e. The summed E-state index contributed by atoms with van der Waals surface area (Å²) >= 11 is 3.32. The lowest BCUT2D eigenvalue weighted by Gasteiger charge is -2.31. The molecule has 1 saturated carbocycles. The lowest BCUT2D eigenvalue weighted by Crippen LogP contribution is -2.38. The molecule has 5 heteroatoms. The molecule has 2 atom stereocenters. The number of halogens is 1. The van der Waals surface area contributed by atoms with Gasteiger partial charge in [-0.25, -0.2) is 0 Å². The molecule has 1 aliphatic carbocycles.